The summed E-state index contributed by atoms with van der Waals surface area (Å²) in [5, 5.41) is 3.85. The van der Waals surface area contributed by atoms with E-state index in [2.05, 4.69) is 12.2 Å². The van der Waals surface area contributed by atoms with Crippen molar-refractivity contribution in [2.75, 3.05) is 6.61 Å². The number of nitrogens with one attached hydrogen (secondary N) is 1. The van der Waals surface area contributed by atoms with Gasteiger partial charge < -0.3 is 10.1 Å². The Morgan fingerprint density at radius 1 is 1.37 bits per heavy atom. The van der Waals surface area contributed by atoms with E-state index in [4.69, 9.17) is 4.74 Å². The lowest BCUT2D eigenvalue weighted by atomic mass is 10.2. The highest BCUT2D eigenvalue weighted by atomic mass is 32.2. The van der Waals surface area contributed by atoms with Crippen LogP contribution < -0.4 is 5.32 Å². The molecule has 0 bridgehead atoms. The van der Waals surface area contributed by atoms with E-state index in [-0.39, 0.29) is 11.9 Å². The lowest BCUT2D eigenvalue weighted by Gasteiger charge is -2.17. The maximum absolute atomic E-state index is 14.0. The quantitative estimate of drug-likeness (QED) is 0.894. The normalized spacial score (nSPS) is 26.8. The second-order valence-corrected chi connectivity index (χ2v) is 6.67. The molecule has 2 nitrogen and oxygen atoms in total. The summed E-state index contributed by atoms with van der Waals surface area (Å²) in [6.07, 6.45) is 3.77. The van der Waals surface area contributed by atoms with Crippen LogP contribution >= 0.6 is 11.8 Å². The molecule has 1 heterocycles. The van der Waals surface area contributed by atoms with E-state index in [9.17, 15) is 4.39 Å². The predicted molar refractivity (Wildman–Crippen MR) is 75.9 cm³/mol. The van der Waals surface area contributed by atoms with E-state index in [0.29, 0.717) is 17.8 Å². The summed E-state index contributed by atoms with van der Waals surface area (Å²) in [6.45, 7) is 3.57. The lowest BCUT2D eigenvalue weighted by molar-refractivity contribution is 0.127. The van der Waals surface area contributed by atoms with Crippen LogP contribution in [0, 0.1) is 5.82 Å². The fourth-order valence-corrected chi connectivity index (χ4v) is 3.66. The molecular formula is C15H20FNOS. The van der Waals surface area contributed by atoms with Gasteiger partial charge in [-0.2, -0.15) is 0 Å². The zero-order valence-electron chi connectivity index (χ0n) is 11.2. The highest BCUT2D eigenvalue weighted by Crippen LogP contribution is 2.35. The molecule has 2 fully saturated rings. The standard InChI is InChI=1S/C15H20FNOS/c1-10-14(7-8-18-10)19-15-4-2-3-13(16)12(15)9-17-11-5-6-11/h2-4,10-11,14,17H,5-9H2,1H3. The molecule has 2 aliphatic rings. The maximum atomic E-state index is 14.0. The molecule has 1 aliphatic carbocycles. The van der Waals surface area contributed by atoms with Crippen LogP contribution in [0.4, 0.5) is 4.39 Å². The van der Waals surface area contributed by atoms with Gasteiger partial charge in [0.1, 0.15) is 5.82 Å². The van der Waals surface area contributed by atoms with Gasteiger partial charge in [0.15, 0.2) is 0 Å². The molecule has 1 aromatic carbocycles. The van der Waals surface area contributed by atoms with Crippen molar-refractivity contribution >= 4 is 11.8 Å². The fraction of sp³-hybridized carbons (Fsp3) is 0.600. The zero-order valence-corrected chi connectivity index (χ0v) is 12.0. The molecule has 1 N–H and O–H groups in total. The second kappa shape index (κ2) is 5.81. The summed E-state index contributed by atoms with van der Waals surface area (Å²) < 4.78 is 19.6. The van der Waals surface area contributed by atoms with Gasteiger partial charge in [-0.15, -0.1) is 11.8 Å². The van der Waals surface area contributed by atoms with Crippen LogP contribution in [0.2, 0.25) is 0 Å². The summed E-state index contributed by atoms with van der Waals surface area (Å²) in [5.74, 6) is -0.0929. The molecule has 4 heteroatoms. The van der Waals surface area contributed by atoms with Crippen molar-refractivity contribution in [3.8, 4) is 0 Å². The van der Waals surface area contributed by atoms with Crippen molar-refractivity contribution in [2.45, 2.75) is 55.0 Å². The van der Waals surface area contributed by atoms with Crippen molar-refractivity contribution in [1.82, 2.24) is 5.32 Å². The number of thioether (sulfide) groups is 1. The molecule has 2 unspecified atom stereocenters. The largest absolute Gasteiger partial charge is 0.377 e. The van der Waals surface area contributed by atoms with Gasteiger partial charge in [0, 0.05) is 34.9 Å². The Bertz CT molecular complexity index is 450. The summed E-state index contributed by atoms with van der Waals surface area (Å²) in [5.41, 5.74) is 0.818. The number of rotatable bonds is 5. The topological polar surface area (TPSA) is 21.3 Å². The Hall–Kier alpha value is -0.580. The van der Waals surface area contributed by atoms with E-state index < -0.39 is 0 Å². The summed E-state index contributed by atoms with van der Waals surface area (Å²) in [4.78, 5) is 1.07. The van der Waals surface area contributed by atoms with E-state index >= 15 is 0 Å². The maximum Gasteiger partial charge on any atom is 0.128 e. The molecule has 0 aromatic heterocycles. The molecule has 0 spiro atoms. The lowest BCUT2D eigenvalue weighted by Crippen LogP contribution is -2.18. The highest BCUT2D eigenvalue weighted by Gasteiger charge is 2.27. The van der Waals surface area contributed by atoms with Crippen LogP contribution in [-0.4, -0.2) is 24.0 Å². The smallest absolute Gasteiger partial charge is 0.128 e. The van der Waals surface area contributed by atoms with Crippen LogP contribution in [0.1, 0.15) is 31.7 Å². The number of ether oxygens (including phenoxy) is 1. The number of hydrogen-bond acceptors (Lipinski definition) is 3. The summed E-state index contributed by atoms with van der Waals surface area (Å²) in [7, 11) is 0. The Morgan fingerprint density at radius 3 is 2.89 bits per heavy atom. The number of benzene rings is 1. The van der Waals surface area contributed by atoms with Crippen molar-refractivity contribution < 1.29 is 9.13 Å². The van der Waals surface area contributed by atoms with E-state index in [1.165, 1.54) is 12.8 Å². The average molecular weight is 281 g/mol. The molecule has 0 amide bonds. The Labute approximate surface area is 118 Å². The first-order chi connectivity index (χ1) is 9.24. The fourth-order valence-electron chi connectivity index (χ4n) is 2.38. The van der Waals surface area contributed by atoms with Crippen molar-refractivity contribution in [2.24, 2.45) is 0 Å². The van der Waals surface area contributed by atoms with Crippen LogP contribution in [-0.2, 0) is 11.3 Å². The van der Waals surface area contributed by atoms with E-state index in [1.54, 1.807) is 23.9 Å². The van der Waals surface area contributed by atoms with E-state index in [1.807, 2.05) is 6.07 Å². The molecule has 1 aliphatic heterocycles. The van der Waals surface area contributed by atoms with Gasteiger partial charge in [-0.3, -0.25) is 0 Å². The molecule has 0 radical (unpaired) electrons. The minimum absolute atomic E-state index is 0.0929. The van der Waals surface area contributed by atoms with E-state index in [0.717, 1.165) is 23.5 Å². The van der Waals surface area contributed by atoms with Crippen molar-refractivity contribution in [3.05, 3.63) is 29.6 Å². The van der Waals surface area contributed by atoms with Crippen molar-refractivity contribution in [3.63, 3.8) is 0 Å². The van der Waals surface area contributed by atoms with Gasteiger partial charge in [-0.05, 0) is 38.3 Å². The molecule has 104 valence electrons. The highest BCUT2D eigenvalue weighted by molar-refractivity contribution is 8.00. The number of halogens is 1. The third-order valence-corrected chi connectivity index (χ3v) is 5.36. The van der Waals surface area contributed by atoms with Crippen LogP contribution in [0.3, 0.4) is 0 Å². The van der Waals surface area contributed by atoms with Gasteiger partial charge in [0.25, 0.3) is 0 Å². The third-order valence-electron chi connectivity index (χ3n) is 3.81. The molecule has 2 atom stereocenters. The second-order valence-electron chi connectivity index (χ2n) is 5.39. The first-order valence-electron chi connectivity index (χ1n) is 7.03. The third kappa shape index (κ3) is 3.30. The summed E-state index contributed by atoms with van der Waals surface area (Å²) >= 11 is 1.77. The Balaban J connectivity index is 1.72. The number of hydrogen-bond donors (Lipinski definition) is 1. The van der Waals surface area contributed by atoms with Crippen molar-refractivity contribution in [1.29, 1.82) is 0 Å². The SMILES string of the molecule is CC1OCCC1Sc1cccc(F)c1CNC1CC1. The summed E-state index contributed by atoms with van der Waals surface area (Å²) in [6, 6.07) is 6.00. The molecular weight excluding hydrogens is 261 g/mol. The molecule has 19 heavy (non-hydrogen) atoms. The molecule has 3 rings (SSSR count). The first-order valence-corrected chi connectivity index (χ1v) is 7.91. The predicted octanol–water partition coefficient (Wildman–Crippen LogP) is 3.35. The van der Waals surface area contributed by atoms with Gasteiger partial charge in [0.05, 0.1) is 6.10 Å². The minimum atomic E-state index is -0.0929. The van der Waals surface area contributed by atoms with Gasteiger partial charge in [-0.1, -0.05) is 6.07 Å². The van der Waals surface area contributed by atoms with Gasteiger partial charge in [-0.25, -0.2) is 4.39 Å². The minimum Gasteiger partial charge on any atom is -0.377 e. The Morgan fingerprint density at radius 2 is 2.21 bits per heavy atom. The monoisotopic (exact) mass is 281 g/mol. The Kier molecular flexibility index (Phi) is 4.10. The van der Waals surface area contributed by atoms with Crippen LogP contribution in [0.15, 0.2) is 23.1 Å². The molecule has 1 saturated carbocycles. The van der Waals surface area contributed by atoms with Gasteiger partial charge >= 0.3 is 0 Å². The van der Waals surface area contributed by atoms with Crippen LogP contribution in [0.5, 0.6) is 0 Å². The zero-order chi connectivity index (χ0) is 13.2. The average Bonchev–Trinajstić information content (AvgIpc) is 3.13. The first kappa shape index (κ1) is 13.4. The molecule has 1 aromatic rings. The van der Waals surface area contributed by atoms with Gasteiger partial charge in [0.2, 0.25) is 0 Å². The molecule has 1 saturated heterocycles. The van der Waals surface area contributed by atoms with Crippen LogP contribution in [0.25, 0.3) is 0 Å².